The van der Waals surface area contributed by atoms with E-state index in [2.05, 4.69) is 0 Å². The number of carbonyl (C=O) groups is 3. The highest BCUT2D eigenvalue weighted by Gasteiger charge is 1.72. The van der Waals surface area contributed by atoms with Crippen LogP contribution in [0.1, 0.15) is 20.8 Å². The molecule has 0 aliphatic heterocycles. The summed E-state index contributed by atoms with van der Waals surface area (Å²) < 4.78 is 8.55. The third-order valence-electron chi connectivity index (χ3n) is 0. The van der Waals surface area contributed by atoms with E-state index in [0.717, 1.165) is 0 Å². The summed E-state index contributed by atoms with van der Waals surface area (Å²) in [4.78, 5) is 54.0. The Morgan fingerprint density at radius 1 is 0.765 bits per heavy atom. The molecule has 17 heavy (non-hydrogen) atoms. The van der Waals surface area contributed by atoms with Gasteiger partial charge in [-0.2, -0.15) is 7.82 Å². The minimum atomic E-state index is -5.39. The fourth-order valence-corrected chi connectivity index (χ4v) is 0. The molecule has 0 aromatic rings. The molecule has 104 valence electrons. The van der Waals surface area contributed by atoms with Crippen LogP contribution in [0.4, 0.5) is 0 Å². The second-order valence-electron chi connectivity index (χ2n) is 2.55. The van der Waals surface area contributed by atoms with Gasteiger partial charge in [-0.25, -0.2) is 0 Å². The van der Waals surface area contributed by atoms with E-state index in [-0.39, 0.29) is 16.6 Å². The first kappa shape index (κ1) is 26.1. The van der Waals surface area contributed by atoms with Crippen LogP contribution in [0.5, 0.6) is 0 Å². The summed E-state index contributed by atoms with van der Waals surface area (Å²) in [5.74, 6) is 0. The SMILES string of the molecule is CC(=O)[PH3+].CC(=O)[PH3+].CC(=O)[PH3+].O=P([O-])([O-])[O-]. The topological polar surface area (TPSA) is 137 Å². The lowest BCUT2D eigenvalue weighted by Crippen LogP contribution is -2.24. The summed E-state index contributed by atoms with van der Waals surface area (Å²) in [5, 5.41) is 0. The zero-order valence-corrected chi connectivity index (χ0v) is 15.1. The summed E-state index contributed by atoms with van der Waals surface area (Å²) >= 11 is 0. The fourth-order valence-electron chi connectivity index (χ4n) is 0. The molecule has 0 amide bonds. The molecule has 11 heteroatoms. The lowest BCUT2D eigenvalue weighted by atomic mass is 10.9. The Morgan fingerprint density at radius 3 is 0.765 bits per heavy atom. The molecule has 0 spiro atoms. The van der Waals surface area contributed by atoms with Crippen molar-refractivity contribution in [2.45, 2.75) is 20.8 Å². The molecule has 0 aliphatic rings. The van der Waals surface area contributed by atoms with Crippen LogP contribution in [0.2, 0.25) is 0 Å². The Hall–Kier alpha value is 0.410. The van der Waals surface area contributed by atoms with Gasteiger partial charge in [0.05, 0.1) is 0 Å². The van der Waals surface area contributed by atoms with Gasteiger partial charge in [-0.3, -0.25) is 14.4 Å². The van der Waals surface area contributed by atoms with E-state index in [1.165, 1.54) is 27.7 Å². The number of hydrogen-bond donors (Lipinski definition) is 0. The first-order chi connectivity index (χ1) is 7.20. The maximum atomic E-state index is 9.46. The first-order valence-electron chi connectivity index (χ1n) is 3.90. The molecule has 0 aromatic heterocycles. The van der Waals surface area contributed by atoms with Crippen LogP contribution in [-0.2, 0) is 18.9 Å². The van der Waals surface area contributed by atoms with E-state index in [1.807, 2.05) is 0 Å². The monoisotopic (exact) mass is 326 g/mol. The Bertz CT molecular complexity index is 223. The normalized spacial score (nSPS) is 8.59. The molecule has 0 aromatic carbocycles. The van der Waals surface area contributed by atoms with E-state index >= 15 is 0 Å². The average Bonchev–Trinajstić information content (AvgIpc) is 1.73. The number of phosphoric acid groups is 1. The second kappa shape index (κ2) is 16.4. The smallest absolute Gasteiger partial charge is 0.257 e. The van der Waals surface area contributed by atoms with Gasteiger partial charge < -0.3 is 19.2 Å². The van der Waals surface area contributed by atoms with Crippen LogP contribution < -0.4 is 14.7 Å². The highest BCUT2D eigenvalue weighted by molar-refractivity contribution is 7.40. The van der Waals surface area contributed by atoms with Crippen LogP contribution in [0.25, 0.3) is 0 Å². The molecule has 7 nitrogen and oxygen atoms in total. The van der Waals surface area contributed by atoms with Crippen molar-refractivity contribution < 1.29 is 33.6 Å². The molecule has 0 heterocycles. The van der Waals surface area contributed by atoms with Crippen LogP contribution in [0, 0.1) is 0 Å². The largest absolute Gasteiger partial charge is 0.822 e. The predicted molar refractivity (Wildman–Crippen MR) is 73.0 cm³/mol. The maximum Gasteiger partial charge on any atom is 0.257 e. The molecule has 0 saturated heterocycles. The number of carbonyl (C=O) groups excluding carboxylic acids is 3. The standard InChI is InChI=1S/3C2H5OP.H3O4P/c3*1-2(3)4;1-5(2,3)4/h3*4H2,1H3;(H3,1,2,3,4). The van der Waals surface area contributed by atoms with Crippen LogP contribution in [0.15, 0.2) is 0 Å². The van der Waals surface area contributed by atoms with E-state index < -0.39 is 7.82 Å². The molecule has 3 atom stereocenters. The van der Waals surface area contributed by atoms with Crippen molar-refractivity contribution in [2.75, 3.05) is 0 Å². The van der Waals surface area contributed by atoms with Crippen molar-refractivity contribution >= 4 is 52.1 Å². The summed E-state index contributed by atoms with van der Waals surface area (Å²) in [6, 6.07) is 0. The van der Waals surface area contributed by atoms with Crippen molar-refractivity contribution in [3.05, 3.63) is 0 Å². The van der Waals surface area contributed by atoms with Gasteiger partial charge in [-0.15, -0.1) is 0 Å². The first-order valence-corrected chi connectivity index (χ1v) is 7.49. The van der Waals surface area contributed by atoms with Crippen molar-refractivity contribution in [1.82, 2.24) is 0 Å². The summed E-state index contributed by atoms with van der Waals surface area (Å²) in [6.45, 7) is 4.62. The Balaban J connectivity index is -0.0000000667. The quantitative estimate of drug-likeness (QED) is 0.452. The third-order valence-corrected chi connectivity index (χ3v) is 0. The van der Waals surface area contributed by atoms with Crippen molar-refractivity contribution in [3.63, 3.8) is 0 Å². The van der Waals surface area contributed by atoms with Gasteiger partial charge in [0.1, 0.15) is 0 Å². The van der Waals surface area contributed by atoms with Gasteiger partial charge in [-0.05, 0) is 0 Å². The van der Waals surface area contributed by atoms with Crippen molar-refractivity contribution in [2.24, 2.45) is 0 Å². The molecule has 0 rings (SSSR count). The number of rotatable bonds is 0. The van der Waals surface area contributed by atoms with Gasteiger partial charge in [0.25, 0.3) is 16.6 Å². The second-order valence-corrected chi connectivity index (χ2v) is 6.44. The summed E-state index contributed by atoms with van der Waals surface area (Å²) in [5.41, 5.74) is 0.583. The third kappa shape index (κ3) is 20300. The van der Waals surface area contributed by atoms with E-state index in [4.69, 9.17) is 19.2 Å². The van der Waals surface area contributed by atoms with E-state index in [0.29, 0.717) is 0 Å². The van der Waals surface area contributed by atoms with Gasteiger partial charge in [-0.1, -0.05) is 0 Å². The highest BCUT2D eigenvalue weighted by Crippen LogP contribution is 2.03. The van der Waals surface area contributed by atoms with Gasteiger partial charge >= 0.3 is 0 Å². The van der Waals surface area contributed by atoms with Crippen LogP contribution >= 0.6 is 35.5 Å². The molecule has 0 N–H and O–H groups in total. The molecular weight excluding hydrogens is 308 g/mol. The molecular formula is C6H18O7P4. The lowest BCUT2D eigenvalue weighted by Gasteiger charge is -2.36. The maximum absolute atomic E-state index is 9.46. The molecule has 0 saturated carbocycles. The molecule has 0 radical (unpaired) electrons. The molecule has 0 bridgehead atoms. The fraction of sp³-hybridized carbons (Fsp3) is 0.500. The highest BCUT2D eigenvalue weighted by atomic mass is 31.2. The van der Waals surface area contributed by atoms with Gasteiger partial charge in [0.15, 0.2) is 0 Å². The van der Waals surface area contributed by atoms with Crippen LogP contribution in [-0.4, -0.2) is 16.6 Å². The summed E-state index contributed by atoms with van der Waals surface area (Å²) in [6.07, 6.45) is 0. The predicted octanol–water partition coefficient (Wildman–Crippen LogP) is -2.40. The number of hydrogen-bond acceptors (Lipinski definition) is 7. The molecule has 0 fully saturated rings. The van der Waals surface area contributed by atoms with E-state index in [9.17, 15) is 14.4 Å². The lowest BCUT2D eigenvalue weighted by molar-refractivity contribution is -0.432. The van der Waals surface area contributed by atoms with Gasteiger partial charge in [0.2, 0.25) is 0 Å². The minimum Gasteiger partial charge on any atom is -0.822 e. The minimum absolute atomic E-state index is 0.194. The van der Waals surface area contributed by atoms with Gasteiger partial charge in [0, 0.05) is 48.5 Å². The van der Waals surface area contributed by atoms with Crippen molar-refractivity contribution in [1.29, 1.82) is 0 Å². The zero-order chi connectivity index (χ0) is 15.2. The molecule has 0 aliphatic carbocycles. The summed E-state index contributed by atoms with van der Waals surface area (Å²) in [7, 11) is -1.30. The van der Waals surface area contributed by atoms with E-state index in [1.54, 1.807) is 20.8 Å². The Kier molecular flexibility index (Phi) is 25.2. The van der Waals surface area contributed by atoms with Crippen molar-refractivity contribution in [3.8, 4) is 0 Å². The molecule has 3 unspecified atom stereocenters. The Morgan fingerprint density at radius 2 is 0.765 bits per heavy atom. The zero-order valence-electron chi connectivity index (χ0n) is 9.93. The Labute approximate surface area is 107 Å². The van der Waals surface area contributed by atoms with Crippen LogP contribution in [0.3, 0.4) is 0 Å². The average molecular weight is 326 g/mol.